The highest BCUT2D eigenvalue weighted by Crippen LogP contribution is 2.32. The lowest BCUT2D eigenvalue weighted by Crippen LogP contribution is -2.47. The molecule has 0 amide bonds. The van der Waals surface area contributed by atoms with Crippen LogP contribution in [-0.4, -0.2) is 67.9 Å². The van der Waals surface area contributed by atoms with Crippen molar-refractivity contribution in [3.63, 3.8) is 0 Å². The number of halogens is 9. The fourth-order valence-electron chi connectivity index (χ4n) is 2.39. The van der Waals surface area contributed by atoms with Crippen molar-refractivity contribution in [2.45, 2.75) is 55.8 Å². The number of nitrogens with zero attached hydrogens (tertiary/aromatic N) is 1. The van der Waals surface area contributed by atoms with Crippen LogP contribution in [0.15, 0.2) is 41.5 Å². The average molecular weight is 749 g/mol. The highest BCUT2D eigenvalue weighted by atomic mass is 32.3. The summed E-state index contributed by atoms with van der Waals surface area (Å²) >= 11 is 0. The molecule has 0 aliphatic heterocycles. The van der Waals surface area contributed by atoms with Crippen LogP contribution in [0, 0.1) is 0 Å². The fourth-order valence-corrected chi connectivity index (χ4v) is 7.16. The molecule has 0 aromatic carbocycles. The minimum Gasteiger partial charge on any atom is -0.355 e. The number of nitrogens with one attached hydrogen (secondary N) is 1. The van der Waals surface area contributed by atoms with Gasteiger partial charge < -0.3 is 9.17 Å². The van der Waals surface area contributed by atoms with Gasteiger partial charge in [0.05, 0.1) is 16.1 Å². The maximum Gasteiger partial charge on any atom is 0.534 e. The van der Waals surface area contributed by atoms with Crippen LogP contribution in [0.1, 0.15) is 0 Å². The molecule has 25 heteroatoms. The molecule has 0 aliphatic carbocycles. The van der Waals surface area contributed by atoms with Gasteiger partial charge >= 0.3 is 46.9 Å². The molecule has 2 aromatic rings. The topological polar surface area (TPSA) is 167 Å². The Morgan fingerprint density at radius 3 is 1.36 bits per heavy atom. The number of H-pyrrole nitrogens is 1. The Kier molecular flexibility index (Phi) is 13.1. The number of hydrogen-bond acceptors (Lipinski definition) is 10. The summed E-state index contributed by atoms with van der Waals surface area (Å²) in [6, 6.07) is 6.86. The second-order valence-corrected chi connectivity index (χ2v) is 25.0. The standard InChI is InChI=1S/C9H12F3NO3SSi.C8H13NOSi.C2F6O5S2/c1-18(2,3)7-5-4-6-13-8(7)16-17(14,15)9(10,11)12;1-11(2,3)7-5-4-6-9-8(7)10;3-1(4,5)14(9,10)13-15(11,12)2(6,7)8/h4-6H,1-3H3;4-6H,1-3H3,(H,9,10);. The predicted octanol–water partition coefficient (Wildman–Crippen LogP) is 3.48. The van der Waals surface area contributed by atoms with Gasteiger partial charge in [0.15, 0.2) is 0 Å². The van der Waals surface area contributed by atoms with E-state index in [1.54, 1.807) is 6.20 Å². The molecule has 2 heterocycles. The summed E-state index contributed by atoms with van der Waals surface area (Å²) in [6.45, 7) is 12.0. The third-order valence-electron chi connectivity index (χ3n) is 4.42. The summed E-state index contributed by atoms with van der Waals surface area (Å²) in [5.74, 6) is -0.492. The van der Waals surface area contributed by atoms with Gasteiger partial charge in [-0.2, -0.15) is 64.8 Å². The lowest BCUT2D eigenvalue weighted by molar-refractivity contribution is -0.0586. The number of alkyl halides is 9. The summed E-state index contributed by atoms with van der Waals surface area (Å²) in [5, 5.41) is 1.39. The molecule has 0 saturated heterocycles. The van der Waals surface area contributed by atoms with Crippen molar-refractivity contribution in [1.82, 2.24) is 9.97 Å². The Hall–Kier alpha value is -2.49. The maximum atomic E-state index is 12.2. The van der Waals surface area contributed by atoms with E-state index in [4.69, 9.17) is 0 Å². The predicted molar refractivity (Wildman–Crippen MR) is 144 cm³/mol. The molecular weight excluding hydrogens is 724 g/mol. The van der Waals surface area contributed by atoms with E-state index in [1.807, 2.05) is 35.4 Å². The Morgan fingerprint density at radius 2 is 1.05 bits per heavy atom. The largest absolute Gasteiger partial charge is 0.534 e. The zero-order valence-electron chi connectivity index (χ0n) is 23.2. The lowest BCUT2D eigenvalue weighted by atomic mass is 10.5. The van der Waals surface area contributed by atoms with Gasteiger partial charge in [-0.1, -0.05) is 51.4 Å². The quantitative estimate of drug-likeness (QED) is 0.200. The van der Waals surface area contributed by atoms with E-state index in [0.29, 0.717) is 5.19 Å². The number of aromatic amines is 1. The first-order valence-corrected chi connectivity index (χ1v) is 22.4. The first kappa shape index (κ1) is 41.5. The lowest BCUT2D eigenvalue weighted by Gasteiger charge is -2.19. The normalized spacial score (nSPS) is 13.6. The Morgan fingerprint density at radius 1 is 0.659 bits per heavy atom. The van der Waals surface area contributed by atoms with Crippen molar-refractivity contribution in [1.29, 1.82) is 0 Å². The van der Waals surface area contributed by atoms with Crippen LogP contribution in [0.3, 0.4) is 0 Å². The van der Waals surface area contributed by atoms with Crippen molar-refractivity contribution >= 4 is 56.9 Å². The van der Waals surface area contributed by atoms with E-state index in [0.717, 1.165) is 5.19 Å². The molecule has 2 aromatic heterocycles. The van der Waals surface area contributed by atoms with E-state index < -0.39 is 68.9 Å². The molecule has 0 spiro atoms. The van der Waals surface area contributed by atoms with Crippen molar-refractivity contribution in [3.8, 4) is 5.88 Å². The van der Waals surface area contributed by atoms with Crippen LogP contribution in [0.2, 0.25) is 39.3 Å². The van der Waals surface area contributed by atoms with Crippen molar-refractivity contribution < 1.29 is 72.6 Å². The van der Waals surface area contributed by atoms with Gasteiger partial charge in [-0.05, 0) is 12.1 Å². The molecule has 0 atom stereocenters. The molecule has 0 aliphatic rings. The minimum absolute atomic E-state index is 0.0756. The van der Waals surface area contributed by atoms with Crippen molar-refractivity contribution in [2.24, 2.45) is 0 Å². The zero-order chi connectivity index (χ0) is 35.4. The second kappa shape index (κ2) is 13.9. The molecule has 0 bridgehead atoms. The van der Waals surface area contributed by atoms with Crippen LogP contribution in [-0.2, 0) is 34.0 Å². The summed E-state index contributed by atoms with van der Waals surface area (Å²) < 4.78 is 173. The Labute approximate surface area is 247 Å². The van der Waals surface area contributed by atoms with E-state index >= 15 is 0 Å². The van der Waals surface area contributed by atoms with E-state index in [-0.39, 0.29) is 5.56 Å². The number of rotatable bonds is 6. The van der Waals surface area contributed by atoms with Crippen molar-refractivity contribution in [3.05, 3.63) is 47.0 Å². The molecule has 0 unspecified atom stereocenters. The second-order valence-electron chi connectivity index (χ2n) is 10.1. The Bertz CT molecular complexity index is 1620. The zero-order valence-corrected chi connectivity index (χ0v) is 27.7. The molecule has 0 saturated carbocycles. The smallest absolute Gasteiger partial charge is 0.355 e. The highest BCUT2D eigenvalue weighted by Gasteiger charge is 2.57. The van der Waals surface area contributed by atoms with Gasteiger partial charge in [-0.15, -0.1) is 3.63 Å². The number of pyridine rings is 2. The first-order chi connectivity index (χ1) is 19.2. The van der Waals surface area contributed by atoms with E-state index in [1.165, 1.54) is 18.3 Å². The van der Waals surface area contributed by atoms with Crippen LogP contribution in [0.5, 0.6) is 5.88 Å². The minimum atomic E-state index is -6.85. The average Bonchev–Trinajstić information content (AvgIpc) is 2.76. The monoisotopic (exact) mass is 748 g/mol. The van der Waals surface area contributed by atoms with E-state index in [2.05, 4.69) is 33.8 Å². The SMILES string of the molecule is C[Si](C)(C)c1ccc[nH]c1=O.C[Si](C)(C)c1cccnc1OS(=O)(=O)C(F)(F)F.O=S(=O)(OS(=O)(=O)C(F)(F)F)C(F)(F)F. The van der Waals surface area contributed by atoms with Gasteiger partial charge in [0.1, 0.15) is 0 Å². The summed E-state index contributed by atoms with van der Waals surface area (Å²) in [5.41, 5.74) is -17.9. The molecule has 1 N–H and O–H groups in total. The summed E-state index contributed by atoms with van der Waals surface area (Å²) in [7, 11) is -22.8. The molecule has 2 rings (SSSR count). The third-order valence-corrected chi connectivity index (χ3v) is 11.9. The number of aromatic nitrogens is 2. The van der Waals surface area contributed by atoms with Crippen LogP contribution in [0.25, 0.3) is 0 Å². The van der Waals surface area contributed by atoms with Gasteiger partial charge in [-0.25, -0.2) is 4.98 Å². The summed E-state index contributed by atoms with van der Waals surface area (Å²) in [4.78, 5) is 17.5. The molecule has 44 heavy (non-hydrogen) atoms. The first-order valence-electron chi connectivity index (χ1n) is 11.2. The Balaban J connectivity index is 0.000000649. The highest BCUT2D eigenvalue weighted by molar-refractivity contribution is 8.00. The van der Waals surface area contributed by atoms with Gasteiger partial charge in [0.25, 0.3) is 0 Å². The molecule has 0 fully saturated rings. The van der Waals surface area contributed by atoms with Gasteiger partial charge in [0.2, 0.25) is 11.4 Å². The third kappa shape index (κ3) is 12.1. The summed E-state index contributed by atoms with van der Waals surface area (Å²) in [6.07, 6.45) is 2.86. The van der Waals surface area contributed by atoms with Gasteiger partial charge in [-0.3, -0.25) is 4.79 Å². The van der Waals surface area contributed by atoms with Crippen molar-refractivity contribution in [2.75, 3.05) is 0 Å². The maximum absolute atomic E-state index is 12.2. The van der Waals surface area contributed by atoms with Gasteiger partial charge in [0, 0.05) is 22.8 Å². The molecule has 254 valence electrons. The molecular formula is C19H25F9N2O9S3Si2. The van der Waals surface area contributed by atoms with E-state index in [9.17, 15) is 69.6 Å². The van der Waals surface area contributed by atoms with Crippen LogP contribution >= 0.6 is 0 Å². The van der Waals surface area contributed by atoms with Crippen LogP contribution in [0.4, 0.5) is 39.5 Å². The molecule has 11 nitrogen and oxygen atoms in total. The van der Waals surface area contributed by atoms with Crippen LogP contribution < -0.4 is 20.1 Å². The number of hydrogen-bond donors (Lipinski definition) is 1. The fraction of sp³-hybridized carbons (Fsp3) is 0.474. The molecule has 0 radical (unpaired) electrons.